The van der Waals surface area contributed by atoms with Crippen LogP contribution >= 0.6 is 0 Å². The van der Waals surface area contributed by atoms with Crippen LogP contribution in [0.1, 0.15) is 13.7 Å². The maximum absolute atomic E-state index is 8.94. The molecule has 0 amide bonds. The molecule has 0 spiro atoms. The standard InChI is InChI=1S/C48H30O.C42H26O/c1-3-15-31(16-4-1)45-37-19-7-9-21-39(37)47(40-22-10-8-20-38(40)45)36-27-14-24-33-34(36)25-13-26-35(33)41-29-30-44-48(42-23-11-12-28-43(42)49-44)46(41)32-17-5-2-6-18-32;1-2-12-27(13-3-1)41-34-15-4-6-17-36(34)42(37-18-7-5-16-35(37)41)33-22-11-20-30-29(19-10-21-31(30)33)28-24-25-40-38(26-28)32-14-8-9-23-39(32)43-40/h1-30H;1-26H/i1D,3D,4D,15D,16D;1D,2D,3D,12D,13D. The molecule has 17 aromatic carbocycles. The number of rotatable bonds is 7. The lowest BCUT2D eigenvalue weighted by molar-refractivity contribution is 0.668. The number of para-hydroxylation sites is 2. The van der Waals surface area contributed by atoms with Gasteiger partial charge in [0.15, 0.2) is 0 Å². The molecule has 19 aromatic rings. The highest BCUT2D eigenvalue weighted by Gasteiger charge is 2.23. The Kier molecular flexibility index (Phi) is 10.4. The lowest BCUT2D eigenvalue weighted by atomic mass is 9.83. The summed E-state index contributed by atoms with van der Waals surface area (Å²) in [6.45, 7) is 0. The van der Waals surface area contributed by atoms with Crippen LogP contribution in [-0.4, -0.2) is 0 Å². The van der Waals surface area contributed by atoms with Crippen molar-refractivity contribution in [2.45, 2.75) is 0 Å². The van der Waals surface area contributed by atoms with Crippen LogP contribution in [0.25, 0.3) is 186 Å². The minimum absolute atomic E-state index is 0.204. The van der Waals surface area contributed by atoms with Crippen LogP contribution in [0.2, 0.25) is 0 Å². The summed E-state index contributed by atoms with van der Waals surface area (Å²) in [5, 5.41) is 15.8. The van der Waals surface area contributed by atoms with Gasteiger partial charge in [0, 0.05) is 27.1 Å². The average Bonchev–Trinajstić information content (AvgIpc) is 0.961. The molecule has 0 atom stereocenters. The van der Waals surface area contributed by atoms with Gasteiger partial charge in [-0.3, -0.25) is 0 Å². The molecule has 0 aliphatic heterocycles. The Labute approximate surface area is 545 Å². The monoisotopic (exact) mass is 1180 g/mol. The van der Waals surface area contributed by atoms with E-state index in [4.69, 9.17) is 22.5 Å². The van der Waals surface area contributed by atoms with Gasteiger partial charge < -0.3 is 8.83 Å². The molecule has 2 heteroatoms. The van der Waals surface area contributed by atoms with Gasteiger partial charge in [0.2, 0.25) is 0 Å². The highest BCUT2D eigenvalue weighted by atomic mass is 16.3. The molecule has 0 aliphatic rings. The molecule has 0 N–H and O–H groups in total. The molecule has 0 fully saturated rings. The second-order valence-electron chi connectivity index (χ2n) is 23.2. The molecule has 428 valence electrons. The Balaban J connectivity index is 0.000000147. The zero-order chi connectivity index (χ0) is 69.3. The summed E-state index contributed by atoms with van der Waals surface area (Å²) >= 11 is 0. The van der Waals surface area contributed by atoms with E-state index in [9.17, 15) is 0 Å². The van der Waals surface area contributed by atoms with Crippen LogP contribution in [0.5, 0.6) is 0 Å². The van der Waals surface area contributed by atoms with Gasteiger partial charge >= 0.3 is 0 Å². The SMILES string of the molecule is [2H]c1c([2H])c([2H])c(-c2c3ccccc3c(-c3cccc4c(-c5ccc6oc7ccccc7c6c5)cccc34)c3ccccc23)c([2H])c1[2H].[2H]c1c([2H])c([2H])c(-c2c3ccccc3c(-c3cccc4c(-c5ccc6oc7ccccc7c6c5-c5ccccc5)cccc34)c3ccccc23)c([2H])c1[2H]. The predicted octanol–water partition coefficient (Wildman–Crippen LogP) is 25.8. The number of benzene rings is 17. The first-order chi connectivity index (χ1) is 49.8. The number of fused-ring (bicyclic) bond motifs is 12. The summed E-state index contributed by atoms with van der Waals surface area (Å²) in [5.41, 5.74) is 15.9. The maximum Gasteiger partial charge on any atom is 0.136 e. The Morgan fingerprint density at radius 3 is 1.05 bits per heavy atom. The molecular formula is C90H56O2. The lowest BCUT2D eigenvalue weighted by Gasteiger charge is -2.20. The van der Waals surface area contributed by atoms with E-state index in [-0.39, 0.29) is 59.5 Å². The highest BCUT2D eigenvalue weighted by molar-refractivity contribution is 6.27. The van der Waals surface area contributed by atoms with Gasteiger partial charge in [-0.2, -0.15) is 0 Å². The van der Waals surface area contributed by atoms with E-state index in [1.165, 1.54) is 0 Å². The van der Waals surface area contributed by atoms with Crippen molar-refractivity contribution in [2.75, 3.05) is 0 Å². The van der Waals surface area contributed by atoms with Crippen molar-refractivity contribution in [1.29, 1.82) is 0 Å². The van der Waals surface area contributed by atoms with Crippen LogP contribution in [0.15, 0.2) is 348 Å². The molecule has 0 saturated heterocycles. The first kappa shape index (κ1) is 43.5. The molecule has 0 bridgehead atoms. The van der Waals surface area contributed by atoms with Gasteiger partial charge in [0.25, 0.3) is 0 Å². The minimum Gasteiger partial charge on any atom is -0.456 e. The predicted molar refractivity (Wildman–Crippen MR) is 391 cm³/mol. The quantitative estimate of drug-likeness (QED) is 0.149. The summed E-state index contributed by atoms with van der Waals surface area (Å²) in [5.74, 6) is 0. The molecule has 2 heterocycles. The summed E-state index contributed by atoms with van der Waals surface area (Å²) in [4.78, 5) is 0. The summed E-state index contributed by atoms with van der Waals surface area (Å²) in [6, 6.07) is 92.2. The zero-order valence-corrected chi connectivity index (χ0v) is 49.4. The summed E-state index contributed by atoms with van der Waals surface area (Å²) in [7, 11) is 0. The van der Waals surface area contributed by atoms with Crippen molar-refractivity contribution in [3.8, 4) is 77.9 Å². The Morgan fingerprint density at radius 2 is 0.543 bits per heavy atom. The third-order valence-electron chi connectivity index (χ3n) is 18.3. The van der Waals surface area contributed by atoms with Crippen molar-refractivity contribution in [1.82, 2.24) is 0 Å². The van der Waals surface area contributed by atoms with Gasteiger partial charge in [0.1, 0.15) is 22.3 Å². The maximum atomic E-state index is 8.94. The van der Waals surface area contributed by atoms with Gasteiger partial charge in [0.05, 0.1) is 13.7 Å². The lowest BCUT2D eigenvalue weighted by Crippen LogP contribution is -1.92. The smallest absolute Gasteiger partial charge is 0.136 e. The van der Waals surface area contributed by atoms with Crippen molar-refractivity contribution >= 4 is 109 Å². The number of furan rings is 2. The minimum atomic E-state index is -0.402. The van der Waals surface area contributed by atoms with E-state index in [0.717, 1.165) is 164 Å². The van der Waals surface area contributed by atoms with Gasteiger partial charge in [-0.15, -0.1) is 0 Å². The van der Waals surface area contributed by atoms with Crippen molar-refractivity contribution in [3.63, 3.8) is 0 Å². The van der Waals surface area contributed by atoms with Gasteiger partial charge in [-0.1, -0.05) is 303 Å². The van der Waals surface area contributed by atoms with Gasteiger partial charge in [-0.05, 0) is 173 Å². The Hall–Kier alpha value is -12.1. The third kappa shape index (κ3) is 8.57. The average molecular weight is 1180 g/mol. The first-order valence-electron chi connectivity index (χ1n) is 35.8. The highest BCUT2D eigenvalue weighted by Crippen LogP contribution is 2.50. The fraction of sp³-hybridized carbons (Fsp3) is 0. The van der Waals surface area contributed by atoms with E-state index < -0.39 is 12.1 Å². The Bertz CT molecular complexity index is 6600. The molecule has 92 heavy (non-hydrogen) atoms. The summed E-state index contributed by atoms with van der Waals surface area (Å²) in [6.07, 6.45) is 0. The topological polar surface area (TPSA) is 26.3 Å². The van der Waals surface area contributed by atoms with Crippen LogP contribution < -0.4 is 0 Å². The van der Waals surface area contributed by atoms with Crippen LogP contribution in [-0.2, 0) is 0 Å². The molecule has 0 aliphatic carbocycles. The van der Waals surface area contributed by atoms with Crippen LogP contribution in [0.4, 0.5) is 0 Å². The first-order valence-corrected chi connectivity index (χ1v) is 30.8. The van der Waals surface area contributed by atoms with Crippen LogP contribution in [0, 0.1) is 0 Å². The second-order valence-corrected chi connectivity index (χ2v) is 23.2. The molecule has 2 nitrogen and oxygen atoms in total. The third-order valence-corrected chi connectivity index (χ3v) is 18.3. The van der Waals surface area contributed by atoms with E-state index in [2.05, 4.69) is 164 Å². The summed E-state index contributed by atoms with van der Waals surface area (Å²) < 4.78 is 98.4. The molecule has 0 saturated carbocycles. The molecular weight excluding hydrogens is 1110 g/mol. The second kappa shape index (κ2) is 21.9. The van der Waals surface area contributed by atoms with Crippen LogP contribution in [0.3, 0.4) is 0 Å². The number of hydrogen-bond acceptors (Lipinski definition) is 2. The van der Waals surface area contributed by atoms with E-state index in [1.807, 2.05) is 115 Å². The zero-order valence-electron chi connectivity index (χ0n) is 59.4. The Morgan fingerprint density at radius 1 is 0.185 bits per heavy atom. The van der Waals surface area contributed by atoms with Crippen molar-refractivity contribution in [3.05, 3.63) is 339 Å². The fourth-order valence-corrected chi connectivity index (χ4v) is 14.5. The van der Waals surface area contributed by atoms with E-state index in [1.54, 1.807) is 0 Å². The van der Waals surface area contributed by atoms with Crippen molar-refractivity contribution in [2.24, 2.45) is 0 Å². The van der Waals surface area contributed by atoms with E-state index in [0.29, 0.717) is 11.1 Å². The van der Waals surface area contributed by atoms with Crippen molar-refractivity contribution < 1.29 is 22.5 Å². The van der Waals surface area contributed by atoms with E-state index >= 15 is 0 Å². The molecule has 0 unspecified atom stereocenters. The largest absolute Gasteiger partial charge is 0.456 e. The number of hydrogen-bond donors (Lipinski definition) is 0. The fourth-order valence-electron chi connectivity index (χ4n) is 14.5. The molecule has 0 radical (unpaired) electrons. The molecule has 19 rings (SSSR count). The normalized spacial score (nSPS) is 13.2. The molecule has 2 aromatic heterocycles. The van der Waals surface area contributed by atoms with Gasteiger partial charge in [-0.25, -0.2) is 0 Å².